The van der Waals surface area contributed by atoms with Crippen LogP contribution in [0, 0.1) is 11.6 Å². The molecule has 0 saturated heterocycles. The van der Waals surface area contributed by atoms with Crippen molar-refractivity contribution in [1.82, 2.24) is 14.9 Å². The normalized spacial score (nSPS) is 13.7. The number of nitrogens with zero attached hydrogens (tertiary/aromatic N) is 2. The van der Waals surface area contributed by atoms with E-state index in [1.807, 2.05) is 6.07 Å². The molecule has 2 heterocycles. The third-order valence-electron chi connectivity index (χ3n) is 4.55. The lowest BCUT2D eigenvalue weighted by molar-refractivity contribution is 0.0168. The number of hydrogen-bond donors (Lipinski definition) is 3. The number of aromatic nitrogens is 2. The highest BCUT2D eigenvalue weighted by atomic mass is 19.1. The summed E-state index contributed by atoms with van der Waals surface area (Å²) in [5.74, 6) is -1.35. The molecule has 7 nitrogen and oxygen atoms in total. The number of imidazole rings is 1. The molecule has 0 atom stereocenters. The molecule has 0 unspecified atom stereocenters. The molecule has 1 aliphatic rings. The van der Waals surface area contributed by atoms with E-state index in [9.17, 15) is 13.6 Å². The second kappa shape index (κ2) is 7.53. The fourth-order valence-corrected chi connectivity index (χ4v) is 3.00. The maximum absolute atomic E-state index is 14.6. The van der Waals surface area contributed by atoms with Crippen molar-refractivity contribution in [1.29, 1.82) is 0 Å². The highest BCUT2D eigenvalue weighted by molar-refractivity contribution is 5.99. The van der Waals surface area contributed by atoms with Gasteiger partial charge < -0.3 is 10.4 Å². The van der Waals surface area contributed by atoms with E-state index in [1.165, 1.54) is 23.0 Å². The zero-order valence-corrected chi connectivity index (χ0v) is 14.8. The van der Waals surface area contributed by atoms with Crippen LogP contribution in [0.3, 0.4) is 0 Å². The molecule has 3 aromatic rings. The van der Waals surface area contributed by atoms with E-state index < -0.39 is 17.5 Å². The highest BCUT2D eigenvalue weighted by Gasteiger charge is 2.25. The number of halogens is 2. The van der Waals surface area contributed by atoms with Crippen LogP contribution in [0.15, 0.2) is 36.8 Å². The van der Waals surface area contributed by atoms with Gasteiger partial charge in [-0.25, -0.2) is 19.2 Å². The van der Waals surface area contributed by atoms with Gasteiger partial charge in [0.15, 0.2) is 0 Å². The third kappa shape index (κ3) is 3.54. The van der Waals surface area contributed by atoms with Crippen molar-refractivity contribution >= 4 is 22.9 Å². The Labute approximate surface area is 158 Å². The number of aliphatic hydroxyl groups is 1. The molecule has 0 spiro atoms. The van der Waals surface area contributed by atoms with Gasteiger partial charge in [-0.3, -0.25) is 14.0 Å². The van der Waals surface area contributed by atoms with E-state index in [0.717, 1.165) is 24.5 Å². The molecule has 1 amide bonds. The molecule has 2 aromatic heterocycles. The number of amides is 1. The van der Waals surface area contributed by atoms with E-state index in [0.29, 0.717) is 5.92 Å². The fourth-order valence-electron chi connectivity index (χ4n) is 3.00. The minimum Gasteiger partial charge on any atom is -0.394 e. The van der Waals surface area contributed by atoms with Crippen LogP contribution in [-0.4, -0.2) is 33.6 Å². The number of nitrogens with one attached hydrogen (secondary N) is 2. The number of hydroxylamine groups is 1. The van der Waals surface area contributed by atoms with Crippen LogP contribution in [0.2, 0.25) is 0 Å². The van der Waals surface area contributed by atoms with Crippen molar-refractivity contribution in [3.63, 3.8) is 0 Å². The van der Waals surface area contributed by atoms with Gasteiger partial charge in [-0.2, -0.15) is 0 Å². The van der Waals surface area contributed by atoms with Gasteiger partial charge in [0, 0.05) is 0 Å². The lowest BCUT2D eigenvalue weighted by atomic mass is 10.1. The molecule has 4 rings (SSSR count). The molecule has 146 valence electrons. The average molecular weight is 388 g/mol. The van der Waals surface area contributed by atoms with Gasteiger partial charge in [-0.15, -0.1) is 0 Å². The van der Waals surface area contributed by atoms with E-state index in [1.54, 1.807) is 6.07 Å². The number of benzene rings is 1. The van der Waals surface area contributed by atoms with Crippen molar-refractivity contribution in [3.05, 3.63) is 59.6 Å². The van der Waals surface area contributed by atoms with Crippen LogP contribution in [0.5, 0.6) is 0 Å². The molecule has 9 heteroatoms. The van der Waals surface area contributed by atoms with E-state index >= 15 is 0 Å². The van der Waals surface area contributed by atoms with Crippen LogP contribution in [0.1, 0.15) is 34.7 Å². The van der Waals surface area contributed by atoms with Crippen LogP contribution in [0.25, 0.3) is 5.52 Å². The molecule has 1 aliphatic carbocycles. The van der Waals surface area contributed by atoms with Gasteiger partial charge >= 0.3 is 0 Å². The molecule has 1 fully saturated rings. The number of carbonyl (C=O) groups is 1. The van der Waals surface area contributed by atoms with Crippen molar-refractivity contribution in [2.75, 3.05) is 18.5 Å². The smallest absolute Gasteiger partial charge is 0.278 e. The predicted octanol–water partition coefficient (Wildman–Crippen LogP) is 2.89. The quantitative estimate of drug-likeness (QED) is 0.428. The maximum Gasteiger partial charge on any atom is 0.278 e. The summed E-state index contributed by atoms with van der Waals surface area (Å²) in [4.78, 5) is 21.1. The Morgan fingerprint density at radius 3 is 2.82 bits per heavy atom. The Kier molecular flexibility index (Phi) is 4.93. The van der Waals surface area contributed by atoms with Gasteiger partial charge in [0.1, 0.15) is 29.3 Å². The Hall–Kier alpha value is -3.04. The summed E-state index contributed by atoms with van der Waals surface area (Å²) in [5.41, 5.74) is 3.23. The second-order valence-electron chi connectivity index (χ2n) is 6.55. The minimum atomic E-state index is -0.750. The van der Waals surface area contributed by atoms with Crippen LogP contribution in [0.4, 0.5) is 20.3 Å². The van der Waals surface area contributed by atoms with Gasteiger partial charge in [-0.1, -0.05) is 6.07 Å². The molecule has 0 bridgehead atoms. The zero-order chi connectivity index (χ0) is 19.7. The average Bonchev–Trinajstić information content (AvgIpc) is 3.41. The Morgan fingerprint density at radius 1 is 1.29 bits per heavy atom. The van der Waals surface area contributed by atoms with Crippen LogP contribution < -0.4 is 10.8 Å². The number of anilines is 2. The van der Waals surface area contributed by atoms with Crippen LogP contribution >= 0.6 is 0 Å². The molecular weight excluding hydrogens is 370 g/mol. The lowest BCUT2D eigenvalue weighted by Gasteiger charge is -2.16. The number of fused-ring (bicyclic) bond motifs is 1. The van der Waals surface area contributed by atoms with Crippen molar-refractivity contribution in [2.24, 2.45) is 0 Å². The fraction of sp³-hybridized carbons (Fsp3) is 0.263. The summed E-state index contributed by atoms with van der Waals surface area (Å²) in [7, 11) is 0. The molecule has 3 N–H and O–H groups in total. The summed E-state index contributed by atoms with van der Waals surface area (Å²) in [6, 6.07) is 5.92. The first-order valence-electron chi connectivity index (χ1n) is 8.82. The number of hydrogen-bond acceptors (Lipinski definition) is 5. The second-order valence-corrected chi connectivity index (χ2v) is 6.55. The first kappa shape index (κ1) is 18.3. The Balaban J connectivity index is 1.72. The molecule has 0 aliphatic heterocycles. The highest BCUT2D eigenvalue weighted by Crippen LogP contribution is 2.41. The van der Waals surface area contributed by atoms with E-state index in [2.05, 4.69) is 15.8 Å². The van der Waals surface area contributed by atoms with Crippen molar-refractivity contribution < 1.29 is 23.5 Å². The summed E-state index contributed by atoms with van der Waals surface area (Å²) in [6.45, 7) is -0.416. The standard InChI is InChI=1S/C19H18F2N4O3/c20-14-7-12(11-1-2-11)3-4-16(14)23-18-13(19(27)24-28-6-5-26)8-15(21)17-9-22-10-25(17)18/h3-4,7-11,23,26H,1-2,5-6H2,(H,24,27). The number of aliphatic hydroxyl groups excluding tert-OH is 1. The zero-order valence-electron chi connectivity index (χ0n) is 14.8. The van der Waals surface area contributed by atoms with Gasteiger partial charge in [0.2, 0.25) is 0 Å². The third-order valence-corrected chi connectivity index (χ3v) is 4.55. The molecular formula is C19H18F2N4O3. The summed E-state index contributed by atoms with van der Waals surface area (Å²) in [5, 5.41) is 11.6. The molecule has 0 radical (unpaired) electrons. The number of carbonyl (C=O) groups excluding carboxylic acids is 1. The molecule has 1 saturated carbocycles. The SMILES string of the molecule is O=C(NOCCO)c1cc(F)c2cncn2c1Nc1ccc(C2CC2)cc1F. The van der Waals surface area contributed by atoms with E-state index in [-0.39, 0.29) is 35.8 Å². The van der Waals surface area contributed by atoms with Gasteiger partial charge in [0.25, 0.3) is 5.91 Å². The molecule has 1 aromatic carbocycles. The molecule has 28 heavy (non-hydrogen) atoms. The monoisotopic (exact) mass is 388 g/mol. The largest absolute Gasteiger partial charge is 0.394 e. The summed E-state index contributed by atoms with van der Waals surface area (Å²) < 4.78 is 30.3. The summed E-state index contributed by atoms with van der Waals surface area (Å²) >= 11 is 0. The van der Waals surface area contributed by atoms with Crippen LogP contribution in [-0.2, 0) is 4.84 Å². The first-order valence-corrected chi connectivity index (χ1v) is 8.82. The minimum absolute atomic E-state index is 0.105. The van der Waals surface area contributed by atoms with Crippen molar-refractivity contribution in [3.8, 4) is 0 Å². The first-order chi connectivity index (χ1) is 13.6. The van der Waals surface area contributed by atoms with Gasteiger partial charge in [0.05, 0.1) is 30.7 Å². The predicted molar refractivity (Wildman–Crippen MR) is 97.3 cm³/mol. The number of rotatable bonds is 7. The van der Waals surface area contributed by atoms with Gasteiger partial charge in [-0.05, 0) is 42.5 Å². The topological polar surface area (TPSA) is 87.9 Å². The lowest BCUT2D eigenvalue weighted by Crippen LogP contribution is -2.26. The van der Waals surface area contributed by atoms with Crippen molar-refractivity contribution in [2.45, 2.75) is 18.8 Å². The summed E-state index contributed by atoms with van der Waals surface area (Å²) in [6.07, 6.45) is 4.73. The Morgan fingerprint density at radius 2 is 2.11 bits per heavy atom. The van der Waals surface area contributed by atoms with E-state index in [4.69, 9.17) is 9.94 Å². The number of pyridine rings is 1. The maximum atomic E-state index is 14.6. The Bertz CT molecular complexity index is 1030.